The van der Waals surface area contributed by atoms with Gasteiger partial charge in [-0.3, -0.25) is 0 Å². The smallest absolute Gasteiger partial charge is 0.349 e. The van der Waals surface area contributed by atoms with Gasteiger partial charge in [-0.1, -0.05) is 23.6 Å². The van der Waals surface area contributed by atoms with Crippen LogP contribution >= 0.6 is 11.6 Å². The molecule has 0 radical (unpaired) electrons. The van der Waals surface area contributed by atoms with Crippen molar-refractivity contribution in [1.29, 1.82) is 0 Å². The highest BCUT2D eigenvalue weighted by atomic mass is 35.5. The zero-order valence-corrected chi connectivity index (χ0v) is 21.9. The third-order valence-corrected chi connectivity index (χ3v) is 6.97. The molecule has 2 aromatic carbocycles. The number of methoxy groups -OCH3 is 1. The molecular weight excluding hydrogens is 537 g/mol. The Morgan fingerprint density at radius 2 is 2.05 bits per heavy atom. The average molecular weight is 556 g/mol. The van der Waals surface area contributed by atoms with E-state index in [0.29, 0.717) is 27.0 Å². The number of pyridine rings is 1. The predicted molar refractivity (Wildman–Crippen MR) is 150 cm³/mol. The number of terminal acetylenes is 1. The summed E-state index contributed by atoms with van der Waals surface area (Å²) in [5.41, 5.74) is 1.55. The highest BCUT2D eigenvalue weighted by Crippen LogP contribution is 2.39. The van der Waals surface area contributed by atoms with E-state index in [1.807, 2.05) is 0 Å². The molecule has 198 valence electrons. The summed E-state index contributed by atoms with van der Waals surface area (Å²) in [7, 11) is 1.41. The van der Waals surface area contributed by atoms with Gasteiger partial charge in [0.1, 0.15) is 34.2 Å². The van der Waals surface area contributed by atoms with Crippen molar-refractivity contribution in [1.82, 2.24) is 19.9 Å². The van der Waals surface area contributed by atoms with Crippen LogP contribution < -0.4 is 15.7 Å². The van der Waals surface area contributed by atoms with Crippen molar-refractivity contribution in [2.75, 3.05) is 12.4 Å². The van der Waals surface area contributed by atoms with E-state index in [0.717, 1.165) is 10.9 Å². The Kier molecular flexibility index (Phi) is 6.01. The summed E-state index contributed by atoms with van der Waals surface area (Å²) in [6.45, 7) is 1.93. The summed E-state index contributed by atoms with van der Waals surface area (Å²) in [5.74, 6) is 1.88. The van der Waals surface area contributed by atoms with Crippen molar-refractivity contribution in [3.63, 3.8) is 0 Å². The molecule has 0 amide bonds. The molecule has 9 nitrogen and oxygen atoms in total. The van der Waals surface area contributed by atoms with Crippen molar-refractivity contribution < 1.29 is 18.7 Å². The number of fused-ring (bicyclic) bond motifs is 3. The number of phenolic OH excluding ortho intramolecular Hbond substituents is 1. The Morgan fingerprint density at radius 1 is 1.23 bits per heavy atom. The van der Waals surface area contributed by atoms with Gasteiger partial charge >= 0.3 is 11.6 Å². The van der Waals surface area contributed by atoms with Crippen molar-refractivity contribution >= 4 is 50.1 Å². The maximum atomic E-state index is 14.7. The first kappa shape index (κ1) is 25.2. The molecule has 0 saturated carbocycles. The minimum atomic E-state index is -0.755. The number of phenols is 1. The molecule has 11 heteroatoms. The number of aromatic amines is 1. The highest BCUT2D eigenvalue weighted by Gasteiger charge is 2.23. The second-order valence-corrected chi connectivity index (χ2v) is 9.38. The Morgan fingerprint density at radius 3 is 2.83 bits per heavy atom. The van der Waals surface area contributed by atoms with Gasteiger partial charge in [0.05, 0.1) is 23.2 Å². The molecule has 40 heavy (non-hydrogen) atoms. The third kappa shape index (κ3) is 3.95. The Hall–Kier alpha value is -5.14. The number of rotatable bonds is 5. The number of aromatic nitrogens is 4. The van der Waals surface area contributed by atoms with Crippen LogP contribution in [0.5, 0.6) is 11.8 Å². The average Bonchev–Trinajstić information content (AvgIpc) is 3.37. The number of halogens is 2. The number of H-pyrrole nitrogens is 1. The molecule has 0 aliphatic carbocycles. The normalized spacial score (nSPS) is 11.3. The van der Waals surface area contributed by atoms with Gasteiger partial charge in [-0.15, -0.1) is 6.42 Å². The Balaban J connectivity index is 1.55. The lowest BCUT2D eigenvalue weighted by Gasteiger charge is -2.15. The molecule has 4 heterocycles. The fraction of sp³-hybridized carbons (Fsp3) is 0.103. The third-order valence-electron chi connectivity index (χ3n) is 6.66. The van der Waals surface area contributed by atoms with Gasteiger partial charge in [-0.05, 0) is 42.1 Å². The van der Waals surface area contributed by atoms with Crippen molar-refractivity contribution in [3.05, 3.63) is 80.7 Å². The number of hydrogen-bond donors (Lipinski definition) is 3. The van der Waals surface area contributed by atoms with Gasteiger partial charge in [-0.2, -0.15) is 9.97 Å². The molecule has 0 spiro atoms. The van der Waals surface area contributed by atoms with Crippen molar-refractivity contribution in [3.8, 4) is 35.4 Å². The van der Waals surface area contributed by atoms with E-state index in [1.54, 1.807) is 25.4 Å². The summed E-state index contributed by atoms with van der Waals surface area (Å²) in [6, 6.07) is 7.22. The van der Waals surface area contributed by atoms with Gasteiger partial charge in [0.15, 0.2) is 0 Å². The van der Waals surface area contributed by atoms with Crippen LogP contribution in [0.2, 0.25) is 5.02 Å². The van der Waals surface area contributed by atoms with E-state index in [2.05, 4.69) is 31.2 Å². The van der Waals surface area contributed by atoms with Crippen LogP contribution in [0.4, 0.5) is 10.2 Å². The number of aryl methyl sites for hydroxylation is 1. The SMILES string of the molecule is C#Cc1c(F)ccc2cc(O)cc(-c3oc(=O)c4c(NCc5c[nH]c6nccc(Cl)c56)nc(OC)nc4c3C)c12. The second kappa shape index (κ2) is 9.55. The molecule has 6 rings (SSSR count). The van der Waals surface area contributed by atoms with Crippen LogP contribution in [-0.2, 0) is 6.54 Å². The lowest BCUT2D eigenvalue weighted by atomic mass is 9.95. The quantitative estimate of drug-likeness (QED) is 0.232. The summed E-state index contributed by atoms with van der Waals surface area (Å²) in [4.78, 5) is 29.6. The molecule has 0 unspecified atom stereocenters. The lowest BCUT2D eigenvalue weighted by Crippen LogP contribution is -2.12. The van der Waals surface area contributed by atoms with E-state index in [9.17, 15) is 14.3 Å². The van der Waals surface area contributed by atoms with Crippen LogP contribution in [0.1, 0.15) is 16.7 Å². The van der Waals surface area contributed by atoms with Gasteiger partial charge in [0.2, 0.25) is 0 Å². The molecule has 0 aliphatic heterocycles. The van der Waals surface area contributed by atoms with E-state index >= 15 is 0 Å². The van der Waals surface area contributed by atoms with Gasteiger partial charge in [0.25, 0.3) is 0 Å². The van der Waals surface area contributed by atoms with Crippen molar-refractivity contribution in [2.45, 2.75) is 13.5 Å². The molecule has 0 fully saturated rings. The first-order valence-electron chi connectivity index (χ1n) is 12.0. The number of hydrogen-bond acceptors (Lipinski definition) is 8. The molecule has 0 saturated heterocycles. The van der Waals surface area contributed by atoms with Crippen LogP contribution in [0.25, 0.3) is 44.0 Å². The number of nitrogens with zero attached hydrogens (tertiary/aromatic N) is 3. The highest BCUT2D eigenvalue weighted by molar-refractivity contribution is 6.35. The minimum Gasteiger partial charge on any atom is -0.508 e. The van der Waals surface area contributed by atoms with Crippen molar-refractivity contribution in [2.24, 2.45) is 0 Å². The zero-order valence-electron chi connectivity index (χ0n) is 21.1. The molecule has 0 atom stereocenters. The monoisotopic (exact) mass is 555 g/mol. The Labute approximate surface area is 230 Å². The minimum absolute atomic E-state index is 0.00408. The lowest BCUT2D eigenvalue weighted by molar-refractivity contribution is 0.382. The van der Waals surface area contributed by atoms with E-state index in [1.165, 1.54) is 31.4 Å². The zero-order chi connectivity index (χ0) is 28.1. The van der Waals surface area contributed by atoms with E-state index < -0.39 is 11.4 Å². The fourth-order valence-corrected chi connectivity index (χ4v) is 5.12. The second-order valence-electron chi connectivity index (χ2n) is 8.97. The first-order valence-corrected chi connectivity index (χ1v) is 12.3. The summed E-state index contributed by atoms with van der Waals surface area (Å²) in [5, 5.41) is 15.7. The maximum absolute atomic E-state index is 14.7. The standard InChI is InChI=1S/C29H19ClFN5O4/c1-4-17-20(31)6-5-14-9-16(37)10-18(21(14)17)25-13(2)24-23(28(38)40-25)27(36-29(35-24)39-3)34-12-15-11-33-26-22(15)19(30)7-8-32-26/h1,5-11,37H,12H2,2-3H3,(H,32,33)(H,34,35,36). The van der Waals surface area contributed by atoms with E-state index in [-0.39, 0.29) is 51.9 Å². The molecule has 3 N–H and O–H groups in total. The largest absolute Gasteiger partial charge is 0.508 e. The molecule has 6 aromatic rings. The van der Waals surface area contributed by atoms with Gasteiger partial charge in [0, 0.05) is 40.8 Å². The predicted octanol–water partition coefficient (Wildman–Crippen LogP) is 5.69. The number of aromatic hydroxyl groups is 1. The van der Waals surface area contributed by atoms with Gasteiger partial charge < -0.3 is 24.6 Å². The number of benzene rings is 2. The fourth-order valence-electron chi connectivity index (χ4n) is 4.85. The molecular formula is C29H19ClFN5O4. The molecule has 0 bridgehead atoms. The summed E-state index contributed by atoms with van der Waals surface area (Å²) in [6.07, 6.45) is 8.99. The van der Waals surface area contributed by atoms with E-state index in [4.69, 9.17) is 27.2 Å². The molecule has 4 aromatic heterocycles. The number of ether oxygens (including phenoxy) is 1. The Bertz CT molecular complexity index is 2100. The molecule has 0 aliphatic rings. The number of anilines is 1. The topological polar surface area (TPSA) is 126 Å². The maximum Gasteiger partial charge on any atom is 0.349 e. The first-order chi connectivity index (χ1) is 19.3. The summed E-state index contributed by atoms with van der Waals surface area (Å²) >= 11 is 6.38. The van der Waals surface area contributed by atoms with Crippen LogP contribution in [-0.4, -0.2) is 32.2 Å². The van der Waals surface area contributed by atoms with Gasteiger partial charge in [-0.25, -0.2) is 14.2 Å². The van der Waals surface area contributed by atoms with Crippen LogP contribution in [0.3, 0.4) is 0 Å². The summed E-state index contributed by atoms with van der Waals surface area (Å²) < 4.78 is 25.8. The van der Waals surface area contributed by atoms with Crippen LogP contribution in [0.15, 0.2) is 51.9 Å². The number of nitrogens with one attached hydrogen (secondary N) is 2. The van der Waals surface area contributed by atoms with Crippen LogP contribution in [0, 0.1) is 25.1 Å².